The molecule has 0 aliphatic rings. The Labute approximate surface area is 182 Å². The van der Waals surface area contributed by atoms with Crippen LogP contribution in [0.4, 0.5) is 0 Å². The van der Waals surface area contributed by atoms with Crippen LogP contribution < -0.4 is 15.0 Å². The maximum Gasteiger partial charge on any atom is 0.271 e. The average Bonchev–Trinajstić information content (AvgIpc) is 3.22. The van der Waals surface area contributed by atoms with Crippen molar-refractivity contribution < 1.29 is 9.53 Å². The maximum absolute atomic E-state index is 12.5. The molecule has 1 amide bonds. The largest absolute Gasteiger partial charge is 0.497 e. The number of halogens is 1. The van der Waals surface area contributed by atoms with Crippen LogP contribution in [0.25, 0.3) is 16.9 Å². The summed E-state index contributed by atoms with van der Waals surface area (Å²) in [7, 11) is 1.59. The minimum absolute atomic E-state index is 0.293. The molecule has 0 saturated heterocycles. The van der Waals surface area contributed by atoms with E-state index in [0.717, 1.165) is 16.9 Å². The highest BCUT2D eigenvalue weighted by molar-refractivity contribution is 7.07. The number of benzene rings is 3. The number of aromatic nitrogens is 1. The minimum atomic E-state index is -0.293. The van der Waals surface area contributed by atoms with Gasteiger partial charge < -0.3 is 4.74 Å². The van der Waals surface area contributed by atoms with E-state index < -0.39 is 0 Å². The van der Waals surface area contributed by atoms with E-state index in [1.807, 2.05) is 64.5 Å². The van der Waals surface area contributed by atoms with Gasteiger partial charge in [-0.05, 0) is 54.1 Å². The van der Waals surface area contributed by atoms with Crippen LogP contribution >= 0.6 is 22.9 Å². The van der Waals surface area contributed by atoms with E-state index in [9.17, 15) is 4.79 Å². The molecule has 1 aromatic heterocycles. The van der Waals surface area contributed by atoms with E-state index in [4.69, 9.17) is 16.3 Å². The molecule has 0 aliphatic heterocycles. The normalized spacial score (nSPS) is 11.3. The number of methoxy groups -OCH3 is 1. The summed E-state index contributed by atoms with van der Waals surface area (Å²) >= 11 is 7.49. The zero-order valence-electron chi connectivity index (χ0n) is 16.1. The molecule has 0 fully saturated rings. The first-order chi connectivity index (χ1) is 14.7. The fourth-order valence-corrected chi connectivity index (χ4v) is 3.94. The summed E-state index contributed by atoms with van der Waals surface area (Å²) < 4.78 is 7.13. The summed E-state index contributed by atoms with van der Waals surface area (Å²) in [6.45, 7) is 0. The molecule has 0 atom stereocenters. The summed E-state index contributed by atoms with van der Waals surface area (Å²) in [5.41, 5.74) is 6.06. The van der Waals surface area contributed by atoms with Crippen LogP contribution in [0.15, 0.2) is 89.3 Å². The summed E-state index contributed by atoms with van der Waals surface area (Å²) in [6, 6.07) is 24.4. The third-order valence-electron chi connectivity index (χ3n) is 4.47. The van der Waals surface area contributed by atoms with Gasteiger partial charge in [-0.3, -0.25) is 9.36 Å². The second-order valence-corrected chi connectivity index (χ2v) is 7.64. The van der Waals surface area contributed by atoms with Crippen LogP contribution in [-0.4, -0.2) is 17.6 Å². The highest BCUT2D eigenvalue weighted by atomic mass is 35.5. The lowest BCUT2D eigenvalue weighted by atomic mass is 10.1. The van der Waals surface area contributed by atoms with Crippen LogP contribution in [0.5, 0.6) is 5.75 Å². The second kappa shape index (κ2) is 8.98. The van der Waals surface area contributed by atoms with E-state index in [1.54, 1.807) is 31.4 Å². The third kappa shape index (κ3) is 4.30. The van der Waals surface area contributed by atoms with Crippen molar-refractivity contribution in [2.75, 3.05) is 7.11 Å². The highest BCUT2D eigenvalue weighted by Crippen LogP contribution is 2.24. The van der Waals surface area contributed by atoms with Crippen LogP contribution in [0.1, 0.15) is 10.4 Å². The molecule has 4 aromatic rings. The fraction of sp³-hybridized carbons (Fsp3) is 0.0435. The molecular weight excluding hydrogens is 418 g/mol. The molecule has 5 nitrogen and oxygen atoms in total. The van der Waals surface area contributed by atoms with Gasteiger partial charge in [-0.2, -0.15) is 0 Å². The summed E-state index contributed by atoms with van der Waals surface area (Å²) in [4.78, 5) is 13.2. The van der Waals surface area contributed by atoms with Gasteiger partial charge in [0, 0.05) is 21.7 Å². The Hall–Kier alpha value is -3.35. The van der Waals surface area contributed by atoms with Gasteiger partial charge in [0.25, 0.3) is 5.91 Å². The molecule has 150 valence electrons. The Balaban J connectivity index is 1.72. The highest BCUT2D eigenvalue weighted by Gasteiger charge is 2.11. The van der Waals surface area contributed by atoms with Gasteiger partial charge in [-0.25, -0.2) is 5.43 Å². The summed E-state index contributed by atoms with van der Waals surface area (Å²) in [5, 5.41) is 7.08. The van der Waals surface area contributed by atoms with Crippen LogP contribution in [0.2, 0.25) is 5.02 Å². The number of ether oxygens (including phenoxy) is 1. The number of nitrogens with one attached hydrogen (secondary N) is 1. The Morgan fingerprint density at radius 2 is 1.70 bits per heavy atom. The van der Waals surface area contributed by atoms with E-state index in [2.05, 4.69) is 10.5 Å². The predicted octanol–water partition coefficient (Wildman–Crippen LogP) is 5.11. The van der Waals surface area contributed by atoms with Crippen LogP contribution in [-0.2, 0) is 0 Å². The smallest absolute Gasteiger partial charge is 0.271 e. The maximum atomic E-state index is 12.5. The average molecular weight is 436 g/mol. The monoisotopic (exact) mass is 435 g/mol. The Morgan fingerprint density at radius 1 is 1.00 bits per heavy atom. The third-order valence-corrected chi connectivity index (χ3v) is 5.55. The number of amides is 1. The first kappa shape index (κ1) is 19.9. The van der Waals surface area contributed by atoms with Crippen molar-refractivity contribution in [2.24, 2.45) is 5.10 Å². The van der Waals surface area contributed by atoms with Crippen LogP contribution in [0.3, 0.4) is 0 Å². The first-order valence-corrected chi connectivity index (χ1v) is 10.4. The number of carbonyl (C=O) groups excluding carboxylic acids is 1. The van der Waals surface area contributed by atoms with Crippen LogP contribution in [0, 0.1) is 0 Å². The quantitative estimate of drug-likeness (QED) is 0.443. The van der Waals surface area contributed by atoms with Crippen molar-refractivity contribution in [3.63, 3.8) is 0 Å². The molecule has 0 radical (unpaired) electrons. The molecule has 0 spiro atoms. The fourth-order valence-electron chi connectivity index (χ4n) is 2.94. The molecule has 0 aliphatic carbocycles. The number of hydrogen-bond donors (Lipinski definition) is 1. The van der Waals surface area contributed by atoms with Crippen molar-refractivity contribution in [2.45, 2.75) is 0 Å². The lowest BCUT2D eigenvalue weighted by Crippen LogP contribution is -2.24. The van der Waals surface area contributed by atoms with Crippen molar-refractivity contribution in [3.8, 4) is 22.7 Å². The van der Waals surface area contributed by atoms with Gasteiger partial charge in [0.2, 0.25) is 4.80 Å². The lowest BCUT2D eigenvalue weighted by Gasteiger charge is -2.09. The molecular formula is C23H18ClN3O2S. The zero-order valence-corrected chi connectivity index (χ0v) is 17.7. The summed E-state index contributed by atoms with van der Waals surface area (Å²) in [6.07, 6.45) is 0. The molecule has 7 heteroatoms. The first-order valence-electron chi connectivity index (χ1n) is 9.16. The number of para-hydroxylation sites is 1. The second-order valence-electron chi connectivity index (χ2n) is 6.36. The number of rotatable bonds is 5. The van der Waals surface area contributed by atoms with Crippen molar-refractivity contribution in [3.05, 3.63) is 99.6 Å². The van der Waals surface area contributed by atoms with Gasteiger partial charge in [0.15, 0.2) is 0 Å². The zero-order chi connectivity index (χ0) is 20.9. The Kier molecular flexibility index (Phi) is 5.97. The van der Waals surface area contributed by atoms with Gasteiger partial charge in [0.05, 0.1) is 12.8 Å². The van der Waals surface area contributed by atoms with Gasteiger partial charge >= 0.3 is 0 Å². The molecule has 0 unspecified atom stereocenters. The number of hydrogen-bond acceptors (Lipinski definition) is 4. The van der Waals surface area contributed by atoms with Crippen molar-refractivity contribution in [1.82, 2.24) is 9.99 Å². The molecule has 1 N–H and O–H groups in total. The number of nitrogens with zero attached hydrogens (tertiary/aromatic N) is 2. The van der Waals surface area contributed by atoms with E-state index in [-0.39, 0.29) is 5.91 Å². The standard InChI is InChI=1S/C23H18ClN3O2S/c1-29-20-13-9-17(10-14-20)22(28)25-26-23-27(19-5-3-2-4-6-19)21(15-30-23)16-7-11-18(24)12-8-16/h2-15H,1H3,(H,25,28). The molecule has 3 aromatic carbocycles. The number of carbonyl (C=O) groups is 1. The SMILES string of the molecule is COc1ccc(C(=O)NN=c2scc(-c3ccc(Cl)cc3)n2-c2ccccc2)cc1. The molecule has 1 heterocycles. The predicted molar refractivity (Wildman–Crippen MR) is 120 cm³/mol. The summed E-state index contributed by atoms with van der Waals surface area (Å²) in [5.74, 6) is 0.398. The molecule has 0 saturated carbocycles. The Morgan fingerprint density at radius 3 is 2.37 bits per heavy atom. The Bertz CT molecular complexity index is 1210. The number of thiazole rings is 1. The van der Waals surface area contributed by atoms with Gasteiger partial charge in [-0.1, -0.05) is 41.9 Å². The van der Waals surface area contributed by atoms with Crippen molar-refractivity contribution >= 4 is 28.8 Å². The van der Waals surface area contributed by atoms with Gasteiger partial charge in [-0.15, -0.1) is 16.4 Å². The topological polar surface area (TPSA) is 55.6 Å². The van der Waals surface area contributed by atoms with Gasteiger partial charge in [0.1, 0.15) is 5.75 Å². The van der Waals surface area contributed by atoms with E-state index in [1.165, 1.54) is 11.3 Å². The van der Waals surface area contributed by atoms with Crippen molar-refractivity contribution in [1.29, 1.82) is 0 Å². The van der Waals surface area contributed by atoms with E-state index in [0.29, 0.717) is 21.1 Å². The molecule has 30 heavy (non-hydrogen) atoms. The van der Waals surface area contributed by atoms with E-state index >= 15 is 0 Å². The molecule has 0 bridgehead atoms. The minimum Gasteiger partial charge on any atom is -0.497 e. The lowest BCUT2D eigenvalue weighted by molar-refractivity contribution is 0.0953. The molecule has 4 rings (SSSR count).